The zero-order valence-corrected chi connectivity index (χ0v) is 33.3. The van der Waals surface area contributed by atoms with E-state index in [1.807, 2.05) is 0 Å². The Morgan fingerprint density at radius 3 is 1.50 bits per heavy atom. The molecular weight excluding hydrogens is 677 g/mol. The minimum atomic E-state index is 0.0928. The third-order valence-electron chi connectivity index (χ3n) is 13.0. The average molecular weight is 724 g/mol. The summed E-state index contributed by atoms with van der Waals surface area (Å²) in [4.78, 5) is 5.28. The SMILES string of the molecule is Cc1cc(C)c(N2c3ccccc3B3c4cc5c(cc4N(c4c(C)cc(C)cc4C)c4cc(-n6c7ccccc7c7ccccc76)cc2c43)CCCC5)c(C)c1. The second kappa shape index (κ2) is 12.3. The first-order chi connectivity index (χ1) is 27.3. The van der Waals surface area contributed by atoms with Crippen LogP contribution in [-0.2, 0) is 12.8 Å². The Hall–Kier alpha value is -6.00. The lowest BCUT2D eigenvalue weighted by Crippen LogP contribution is -2.61. The molecule has 1 aliphatic carbocycles. The minimum Gasteiger partial charge on any atom is -0.311 e. The molecule has 0 N–H and O–H groups in total. The van der Waals surface area contributed by atoms with E-state index in [0.29, 0.717) is 0 Å². The number of anilines is 6. The number of hydrogen-bond donors (Lipinski definition) is 0. The minimum absolute atomic E-state index is 0.0928. The van der Waals surface area contributed by atoms with Gasteiger partial charge in [0.15, 0.2) is 0 Å². The van der Waals surface area contributed by atoms with E-state index in [1.54, 1.807) is 0 Å². The topological polar surface area (TPSA) is 11.4 Å². The summed E-state index contributed by atoms with van der Waals surface area (Å²) in [5.74, 6) is 0. The Kier molecular flexibility index (Phi) is 7.30. The summed E-state index contributed by atoms with van der Waals surface area (Å²) in [5.41, 5.74) is 26.3. The van der Waals surface area contributed by atoms with Crippen LogP contribution in [0.4, 0.5) is 34.1 Å². The maximum atomic E-state index is 2.67. The third kappa shape index (κ3) is 4.71. The van der Waals surface area contributed by atoms with Crippen molar-refractivity contribution in [1.29, 1.82) is 0 Å². The molecule has 3 heterocycles. The number of fused-ring (bicyclic) bond motifs is 8. The third-order valence-corrected chi connectivity index (χ3v) is 13.0. The lowest BCUT2D eigenvalue weighted by Gasteiger charge is -2.46. The van der Waals surface area contributed by atoms with Gasteiger partial charge in [0.25, 0.3) is 6.71 Å². The standard InChI is InChI=1S/C52H46BN3/c1-31-23-33(3)51(34(4)24-31)55-46-22-14-11-19-42(46)53-43-27-37-15-7-8-16-38(37)28-47(43)56(52-35(5)25-32(2)26-36(52)6)49-30-39(29-48(55)50(49)53)54-44-20-12-9-17-40(44)41-18-10-13-21-45(41)54/h9-14,17-30H,7-8,15-16H2,1-6H3. The van der Waals surface area contributed by atoms with Crippen LogP contribution in [0.25, 0.3) is 27.5 Å². The normalized spacial score (nSPS) is 14.2. The van der Waals surface area contributed by atoms with E-state index < -0.39 is 0 Å². The van der Waals surface area contributed by atoms with Crippen LogP contribution in [0, 0.1) is 41.5 Å². The van der Waals surface area contributed by atoms with Crippen molar-refractivity contribution in [3.8, 4) is 5.69 Å². The van der Waals surface area contributed by atoms with Gasteiger partial charge in [0.1, 0.15) is 0 Å². The number of para-hydroxylation sites is 3. The van der Waals surface area contributed by atoms with Gasteiger partial charge in [0.2, 0.25) is 0 Å². The molecule has 3 aliphatic rings. The van der Waals surface area contributed by atoms with Gasteiger partial charge in [0, 0.05) is 33.5 Å². The number of benzene rings is 7. The predicted molar refractivity (Wildman–Crippen MR) is 240 cm³/mol. The van der Waals surface area contributed by atoms with Gasteiger partial charge in [0.05, 0.1) is 28.1 Å². The maximum absolute atomic E-state index is 2.67. The fourth-order valence-corrected chi connectivity index (χ4v) is 11.0. The highest BCUT2D eigenvalue weighted by Crippen LogP contribution is 2.49. The Morgan fingerprint density at radius 2 is 0.929 bits per heavy atom. The van der Waals surface area contributed by atoms with E-state index in [9.17, 15) is 0 Å². The number of aryl methyl sites for hydroxylation is 8. The number of aromatic nitrogens is 1. The van der Waals surface area contributed by atoms with E-state index in [1.165, 1.54) is 135 Å². The summed E-state index contributed by atoms with van der Waals surface area (Å²) in [5, 5.41) is 2.55. The van der Waals surface area contributed by atoms with Crippen LogP contribution in [0.1, 0.15) is 57.3 Å². The van der Waals surface area contributed by atoms with Gasteiger partial charge in [-0.1, -0.05) is 96.1 Å². The molecule has 11 rings (SSSR count). The molecule has 0 amide bonds. The summed E-state index contributed by atoms with van der Waals surface area (Å²) in [7, 11) is 0. The van der Waals surface area contributed by atoms with Crippen molar-refractivity contribution in [2.75, 3.05) is 9.80 Å². The van der Waals surface area contributed by atoms with E-state index in [2.05, 4.69) is 177 Å². The number of hydrogen-bond acceptors (Lipinski definition) is 2. The van der Waals surface area contributed by atoms with Crippen LogP contribution >= 0.6 is 0 Å². The average Bonchev–Trinajstić information content (AvgIpc) is 3.52. The molecule has 56 heavy (non-hydrogen) atoms. The largest absolute Gasteiger partial charge is 0.311 e. The highest BCUT2D eigenvalue weighted by atomic mass is 15.2. The molecule has 0 atom stereocenters. The quantitative estimate of drug-likeness (QED) is 0.168. The molecule has 8 aromatic rings. The summed E-state index contributed by atoms with van der Waals surface area (Å²) in [6.45, 7) is 13.7. The summed E-state index contributed by atoms with van der Waals surface area (Å²) < 4.78 is 2.51. The lowest BCUT2D eigenvalue weighted by molar-refractivity contribution is 0.686. The molecule has 3 nitrogen and oxygen atoms in total. The fraction of sp³-hybridized carbons (Fsp3) is 0.192. The summed E-state index contributed by atoms with van der Waals surface area (Å²) in [6.07, 6.45) is 4.81. The van der Waals surface area contributed by atoms with E-state index in [-0.39, 0.29) is 6.71 Å². The first kappa shape index (κ1) is 33.4. The molecule has 0 bridgehead atoms. The summed E-state index contributed by atoms with van der Waals surface area (Å²) in [6, 6.07) is 46.8. The second-order valence-electron chi connectivity index (χ2n) is 16.8. The van der Waals surface area contributed by atoms with E-state index in [4.69, 9.17) is 0 Å². The van der Waals surface area contributed by atoms with Gasteiger partial charge in [-0.25, -0.2) is 0 Å². The van der Waals surface area contributed by atoms with Crippen molar-refractivity contribution >= 4 is 79.0 Å². The molecule has 4 heteroatoms. The van der Waals surface area contributed by atoms with Crippen LogP contribution in [0.3, 0.4) is 0 Å². The van der Waals surface area contributed by atoms with Crippen molar-refractivity contribution in [2.24, 2.45) is 0 Å². The molecule has 0 radical (unpaired) electrons. The summed E-state index contributed by atoms with van der Waals surface area (Å²) >= 11 is 0. The van der Waals surface area contributed by atoms with Crippen molar-refractivity contribution in [2.45, 2.75) is 67.2 Å². The van der Waals surface area contributed by atoms with Crippen LogP contribution in [-0.4, -0.2) is 11.3 Å². The first-order valence-electron chi connectivity index (χ1n) is 20.4. The molecule has 0 fully saturated rings. The molecule has 0 spiro atoms. The second-order valence-corrected chi connectivity index (χ2v) is 16.8. The molecule has 0 saturated carbocycles. The van der Waals surface area contributed by atoms with Gasteiger partial charge >= 0.3 is 0 Å². The Labute approximate surface area is 330 Å². The zero-order valence-electron chi connectivity index (χ0n) is 33.3. The van der Waals surface area contributed by atoms with Crippen molar-refractivity contribution < 1.29 is 0 Å². The molecule has 272 valence electrons. The number of nitrogens with zero attached hydrogens (tertiary/aromatic N) is 3. The Bertz CT molecular complexity index is 2870. The van der Waals surface area contributed by atoms with Crippen LogP contribution in [0.5, 0.6) is 0 Å². The van der Waals surface area contributed by atoms with Gasteiger partial charge < -0.3 is 14.4 Å². The molecule has 7 aromatic carbocycles. The number of rotatable bonds is 3. The van der Waals surface area contributed by atoms with E-state index >= 15 is 0 Å². The van der Waals surface area contributed by atoms with Gasteiger partial charge in [-0.3, -0.25) is 0 Å². The van der Waals surface area contributed by atoms with Gasteiger partial charge in [-0.2, -0.15) is 0 Å². The van der Waals surface area contributed by atoms with Crippen molar-refractivity contribution in [3.63, 3.8) is 0 Å². The first-order valence-corrected chi connectivity index (χ1v) is 20.4. The highest BCUT2D eigenvalue weighted by Gasteiger charge is 2.45. The molecule has 1 aromatic heterocycles. The molecule has 0 unspecified atom stereocenters. The van der Waals surface area contributed by atoms with Gasteiger partial charge in [-0.05, 0) is 153 Å². The smallest absolute Gasteiger partial charge is 0.252 e. The van der Waals surface area contributed by atoms with Gasteiger partial charge in [-0.15, -0.1) is 0 Å². The van der Waals surface area contributed by atoms with Crippen LogP contribution in [0.2, 0.25) is 0 Å². The predicted octanol–water partition coefficient (Wildman–Crippen LogP) is 11.6. The Balaban J connectivity index is 1.33. The maximum Gasteiger partial charge on any atom is 0.252 e. The lowest BCUT2D eigenvalue weighted by atomic mass is 9.33. The molecule has 0 saturated heterocycles. The van der Waals surface area contributed by atoms with Crippen LogP contribution in [0.15, 0.2) is 121 Å². The fourth-order valence-electron chi connectivity index (χ4n) is 11.0. The van der Waals surface area contributed by atoms with Crippen molar-refractivity contribution in [3.05, 3.63) is 166 Å². The molecular formula is C52H46BN3. The monoisotopic (exact) mass is 723 g/mol. The van der Waals surface area contributed by atoms with E-state index in [0.717, 1.165) is 12.8 Å². The van der Waals surface area contributed by atoms with Crippen molar-refractivity contribution in [1.82, 2.24) is 4.57 Å². The molecule has 2 aliphatic heterocycles. The highest BCUT2D eigenvalue weighted by molar-refractivity contribution is 7.00. The zero-order chi connectivity index (χ0) is 38.0. The Morgan fingerprint density at radius 1 is 0.446 bits per heavy atom. The van der Waals surface area contributed by atoms with Crippen LogP contribution < -0.4 is 26.2 Å².